The summed E-state index contributed by atoms with van der Waals surface area (Å²) in [6, 6.07) is 14.1. The van der Waals surface area contributed by atoms with Crippen molar-refractivity contribution in [3.63, 3.8) is 0 Å². The van der Waals surface area contributed by atoms with E-state index in [4.69, 9.17) is 11.1 Å². The standard InChI is InChI=1S/C18H21N3O2.C2H6/c1-12(19)15-11-14(7-8-16(15)20)18(23)21-17(9-10-22)13-5-3-2-4-6-13;1-2/h2-8,11,17,19,22H,9-10,20H2,1H3,(H,21,23);1-2H3. The molecular formula is C20H27N3O2. The van der Waals surface area contributed by atoms with E-state index in [1.54, 1.807) is 25.1 Å². The van der Waals surface area contributed by atoms with E-state index in [1.165, 1.54) is 0 Å². The second-order valence-corrected chi connectivity index (χ2v) is 5.38. The van der Waals surface area contributed by atoms with Crippen molar-refractivity contribution < 1.29 is 9.90 Å². The molecule has 5 heteroatoms. The van der Waals surface area contributed by atoms with E-state index < -0.39 is 0 Å². The summed E-state index contributed by atoms with van der Waals surface area (Å²) in [4.78, 5) is 12.5. The van der Waals surface area contributed by atoms with Gasteiger partial charge in [-0.05, 0) is 37.1 Å². The Morgan fingerprint density at radius 2 is 1.84 bits per heavy atom. The van der Waals surface area contributed by atoms with E-state index in [2.05, 4.69) is 5.32 Å². The molecule has 0 aliphatic heterocycles. The molecule has 1 amide bonds. The SMILES string of the molecule is CC.CC(=N)c1cc(C(=O)NC(CCO)c2ccccc2)ccc1N. The van der Waals surface area contributed by atoms with Gasteiger partial charge in [0.15, 0.2) is 0 Å². The van der Waals surface area contributed by atoms with Gasteiger partial charge in [0.2, 0.25) is 0 Å². The topological polar surface area (TPSA) is 99.2 Å². The van der Waals surface area contributed by atoms with Crippen LogP contribution in [0, 0.1) is 5.41 Å². The van der Waals surface area contributed by atoms with Crippen LogP contribution in [-0.2, 0) is 0 Å². The third-order valence-corrected chi connectivity index (χ3v) is 3.64. The zero-order valence-corrected chi connectivity index (χ0v) is 15.0. The number of benzene rings is 2. The van der Waals surface area contributed by atoms with Crippen LogP contribution in [0.25, 0.3) is 0 Å². The Labute approximate surface area is 149 Å². The number of amides is 1. The van der Waals surface area contributed by atoms with Crippen molar-refractivity contribution in [2.75, 3.05) is 12.3 Å². The number of carbonyl (C=O) groups is 1. The van der Waals surface area contributed by atoms with Gasteiger partial charge in [0.05, 0.1) is 6.04 Å². The molecule has 0 bridgehead atoms. The summed E-state index contributed by atoms with van der Waals surface area (Å²) in [5, 5.41) is 19.9. The molecule has 1 atom stereocenters. The molecule has 2 rings (SSSR count). The summed E-state index contributed by atoms with van der Waals surface area (Å²) in [6.07, 6.45) is 0.432. The quantitative estimate of drug-likeness (QED) is 0.478. The highest BCUT2D eigenvalue weighted by Crippen LogP contribution is 2.19. The third-order valence-electron chi connectivity index (χ3n) is 3.64. The first-order valence-corrected chi connectivity index (χ1v) is 8.44. The number of nitrogen functional groups attached to an aromatic ring is 1. The fourth-order valence-electron chi connectivity index (χ4n) is 2.40. The Morgan fingerprint density at radius 1 is 1.20 bits per heavy atom. The normalized spacial score (nSPS) is 11.0. The van der Waals surface area contributed by atoms with Crippen molar-refractivity contribution in [2.45, 2.75) is 33.2 Å². The van der Waals surface area contributed by atoms with Crippen LogP contribution in [0.3, 0.4) is 0 Å². The van der Waals surface area contributed by atoms with E-state index in [0.29, 0.717) is 28.9 Å². The Kier molecular flexibility index (Phi) is 8.36. The summed E-state index contributed by atoms with van der Waals surface area (Å²) < 4.78 is 0. The molecule has 0 aliphatic carbocycles. The minimum Gasteiger partial charge on any atom is -0.398 e. The maximum Gasteiger partial charge on any atom is 0.251 e. The van der Waals surface area contributed by atoms with Gasteiger partial charge in [0.1, 0.15) is 0 Å². The molecule has 5 N–H and O–H groups in total. The number of hydrogen-bond acceptors (Lipinski definition) is 4. The van der Waals surface area contributed by atoms with Crippen LogP contribution in [-0.4, -0.2) is 23.3 Å². The fourth-order valence-corrected chi connectivity index (χ4v) is 2.40. The van der Waals surface area contributed by atoms with Crippen molar-refractivity contribution in [2.24, 2.45) is 0 Å². The van der Waals surface area contributed by atoms with Crippen LogP contribution < -0.4 is 11.1 Å². The lowest BCUT2D eigenvalue weighted by molar-refractivity contribution is 0.0930. The molecule has 2 aromatic rings. The van der Waals surface area contributed by atoms with E-state index in [9.17, 15) is 9.90 Å². The number of aliphatic hydroxyl groups excluding tert-OH is 1. The number of nitrogens with one attached hydrogen (secondary N) is 2. The van der Waals surface area contributed by atoms with Crippen LogP contribution in [0.5, 0.6) is 0 Å². The molecule has 25 heavy (non-hydrogen) atoms. The molecule has 134 valence electrons. The number of aliphatic hydroxyl groups is 1. The van der Waals surface area contributed by atoms with Crippen molar-refractivity contribution in [3.05, 3.63) is 65.2 Å². The molecule has 0 spiro atoms. The van der Waals surface area contributed by atoms with Gasteiger partial charge in [-0.25, -0.2) is 0 Å². The highest BCUT2D eigenvalue weighted by atomic mass is 16.3. The molecule has 1 unspecified atom stereocenters. The van der Waals surface area contributed by atoms with Crippen molar-refractivity contribution >= 4 is 17.3 Å². The van der Waals surface area contributed by atoms with E-state index in [-0.39, 0.29) is 18.6 Å². The van der Waals surface area contributed by atoms with E-state index in [1.807, 2.05) is 44.2 Å². The summed E-state index contributed by atoms with van der Waals surface area (Å²) in [5.74, 6) is -0.255. The average Bonchev–Trinajstić information content (AvgIpc) is 2.63. The zero-order valence-electron chi connectivity index (χ0n) is 15.0. The number of anilines is 1. The van der Waals surface area contributed by atoms with Gasteiger partial charge >= 0.3 is 0 Å². The van der Waals surface area contributed by atoms with Gasteiger partial charge in [0.25, 0.3) is 5.91 Å². The molecule has 0 fully saturated rings. The van der Waals surface area contributed by atoms with Gasteiger partial charge in [0, 0.05) is 29.1 Å². The molecule has 0 saturated carbocycles. The highest BCUT2D eigenvalue weighted by Gasteiger charge is 2.16. The molecule has 0 radical (unpaired) electrons. The fraction of sp³-hybridized carbons (Fsp3) is 0.300. The van der Waals surface area contributed by atoms with Crippen LogP contribution in [0.15, 0.2) is 48.5 Å². The summed E-state index contributed by atoms with van der Waals surface area (Å²) in [6.45, 7) is 5.61. The second-order valence-electron chi connectivity index (χ2n) is 5.38. The maximum atomic E-state index is 12.5. The Balaban J connectivity index is 0.00000151. The smallest absolute Gasteiger partial charge is 0.251 e. The average molecular weight is 341 g/mol. The summed E-state index contributed by atoms with van der Waals surface area (Å²) in [7, 11) is 0. The first-order chi connectivity index (χ1) is 12.0. The predicted molar refractivity (Wildman–Crippen MR) is 103 cm³/mol. The van der Waals surface area contributed by atoms with Gasteiger partial charge in [-0.2, -0.15) is 0 Å². The number of nitrogens with two attached hydrogens (primary N) is 1. The van der Waals surface area contributed by atoms with Crippen LogP contribution in [0.1, 0.15) is 54.7 Å². The molecule has 5 nitrogen and oxygen atoms in total. The molecule has 0 aliphatic rings. The van der Waals surface area contributed by atoms with E-state index in [0.717, 1.165) is 5.56 Å². The Bertz CT molecular complexity index is 699. The lowest BCUT2D eigenvalue weighted by Crippen LogP contribution is -2.29. The Morgan fingerprint density at radius 3 is 2.40 bits per heavy atom. The molecular weight excluding hydrogens is 314 g/mol. The first-order valence-electron chi connectivity index (χ1n) is 8.44. The molecule has 0 aromatic heterocycles. The van der Waals surface area contributed by atoms with Crippen LogP contribution in [0.4, 0.5) is 5.69 Å². The highest BCUT2D eigenvalue weighted by molar-refractivity contribution is 6.04. The minimum absolute atomic E-state index is 0.0214. The zero-order chi connectivity index (χ0) is 18.8. The lowest BCUT2D eigenvalue weighted by atomic mass is 10.0. The maximum absolute atomic E-state index is 12.5. The lowest BCUT2D eigenvalue weighted by Gasteiger charge is -2.18. The van der Waals surface area contributed by atoms with Gasteiger partial charge in [-0.1, -0.05) is 44.2 Å². The van der Waals surface area contributed by atoms with Crippen molar-refractivity contribution in [3.8, 4) is 0 Å². The third kappa shape index (κ3) is 5.72. The number of carbonyl (C=O) groups excluding carboxylic acids is 1. The van der Waals surface area contributed by atoms with Gasteiger partial charge < -0.3 is 21.6 Å². The van der Waals surface area contributed by atoms with Gasteiger partial charge in [-0.3, -0.25) is 4.79 Å². The predicted octanol–water partition coefficient (Wildman–Crippen LogP) is 3.54. The monoisotopic (exact) mass is 341 g/mol. The minimum atomic E-state index is -0.268. The van der Waals surface area contributed by atoms with Crippen molar-refractivity contribution in [1.29, 1.82) is 5.41 Å². The van der Waals surface area contributed by atoms with Crippen LogP contribution in [0.2, 0.25) is 0 Å². The van der Waals surface area contributed by atoms with E-state index >= 15 is 0 Å². The second kappa shape index (κ2) is 10.3. The largest absolute Gasteiger partial charge is 0.398 e. The molecule has 2 aromatic carbocycles. The first kappa shape index (κ1) is 20.4. The van der Waals surface area contributed by atoms with Crippen molar-refractivity contribution in [1.82, 2.24) is 5.32 Å². The number of rotatable bonds is 6. The van der Waals surface area contributed by atoms with Gasteiger partial charge in [-0.15, -0.1) is 0 Å². The number of hydrogen-bond donors (Lipinski definition) is 4. The van der Waals surface area contributed by atoms with Crippen LogP contribution >= 0.6 is 0 Å². The molecule has 0 heterocycles. The molecule has 0 saturated heterocycles. The summed E-state index contributed by atoms with van der Waals surface area (Å²) >= 11 is 0. The summed E-state index contributed by atoms with van der Waals surface area (Å²) in [5.41, 5.74) is 8.55. The Hall–Kier alpha value is -2.66.